The average molecular weight is 234 g/mol. The Morgan fingerprint density at radius 3 is 1.82 bits per heavy atom. The molecule has 98 valence electrons. The quantitative estimate of drug-likeness (QED) is 0.549. The maximum absolute atomic E-state index is 2.50. The van der Waals surface area contributed by atoms with Crippen LogP contribution in [0.3, 0.4) is 0 Å². The lowest BCUT2D eigenvalue weighted by molar-refractivity contribution is 0.597. The van der Waals surface area contributed by atoms with Crippen LogP contribution >= 0.6 is 0 Å². The molecule has 0 saturated carbocycles. The first-order valence-electron chi connectivity index (χ1n) is 7.30. The molecule has 17 heavy (non-hydrogen) atoms. The van der Waals surface area contributed by atoms with Crippen molar-refractivity contribution in [3.8, 4) is 0 Å². The van der Waals surface area contributed by atoms with Gasteiger partial charge in [-0.1, -0.05) is 53.2 Å². The van der Waals surface area contributed by atoms with E-state index in [0.29, 0.717) is 0 Å². The highest BCUT2D eigenvalue weighted by Gasteiger charge is 2.19. The molecule has 0 radical (unpaired) electrons. The van der Waals surface area contributed by atoms with Crippen LogP contribution in [0.5, 0.6) is 0 Å². The van der Waals surface area contributed by atoms with Gasteiger partial charge in [-0.25, -0.2) is 0 Å². The van der Waals surface area contributed by atoms with Crippen LogP contribution in [-0.4, -0.2) is 0 Å². The summed E-state index contributed by atoms with van der Waals surface area (Å²) in [6, 6.07) is 0. The lowest BCUT2D eigenvalue weighted by Gasteiger charge is -2.17. The first-order valence-corrected chi connectivity index (χ1v) is 7.30. The van der Waals surface area contributed by atoms with Gasteiger partial charge in [0.25, 0.3) is 0 Å². The molecule has 0 spiro atoms. The van der Waals surface area contributed by atoms with Crippen molar-refractivity contribution < 1.29 is 0 Å². The molecule has 1 aliphatic rings. The van der Waals surface area contributed by atoms with Crippen molar-refractivity contribution in [1.82, 2.24) is 0 Å². The summed E-state index contributed by atoms with van der Waals surface area (Å²) in [5.74, 6) is 2.35. The number of allylic oxidation sites excluding steroid dienone is 4. The van der Waals surface area contributed by atoms with Crippen molar-refractivity contribution in [1.29, 1.82) is 0 Å². The van der Waals surface area contributed by atoms with Gasteiger partial charge in [0, 0.05) is 0 Å². The van der Waals surface area contributed by atoms with Gasteiger partial charge in [0.2, 0.25) is 0 Å². The minimum Gasteiger partial charge on any atom is -0.0769 e. The highest BCUT2D eigenvalue weighted by molar-refractivity contribution is 5.43. The zero-order valence-electron chi connectivity index (χ0n) is 12.6. The molecule has 1 aliphatic carbocycles. The zero-order chi connectivity index (χ0) is 13.0. The second-order valence-corrected chi connectivity index (χ2v) is 6.81. The predicted octanol–water partition coefficient (Wildman–Crippen LogP) is 5.75. The Hall–Kier alpha value is -0.520. The third-order valence-electron chi connectivity index (χ3n) is 3.30. The van der Waals surface area contributed by atoms with E-state index in [1.165, 1.54) is 25.7 Å². The van der Waals surface area contributed by atoms with E-state index in [2.05, 4.69) is 47.6 Å². The van der Waals surface area contributed by atoms with Gasteiger partial charge < -0.3 is 0 Å². The maximum atomic E-state index is 2.50. The maximum Gasteiger partial charge on any atom is -0.0127 e. The molecule has 0 bridgehead atoms. The third-order valence-corrected chi connectivity index (χ3v) is 3.30. The van der Waals surface area contributed by atoms with Gasteiger partial charge in [-0.2, -0.15) is 0 Å². The van der Waals surface area contributed by atoms with Gasteiger partial charge in [-0.3, -0.25) is 0 Å². The van der Waals surface area contributed by atoms with Crippen molar-refractivity contribution in [3.05, 3.63) is 22.8 Å². The van der Waals surface area contributed by atoms with Gasteiger partial charge >= 0.3 is 0 Å². The standard InChI is InChI=1S/C17H30/c1-12(2)9-15-7-8-16(10-13(3)4)17(15)11-14(5)6/h7,12-14H,8-11H2,1-6H3. The summed E-state index contributed by atoms with van der Waals surface area (Å²) in [5.41, 5.74) is 5.09. The fourth-order valence-corrected chi connectivity index (χ4v) is 2.75. The molecule has 0 heterocycles. The SMILES string of the molecule is CC(C)CC1=CCC(CC(C)C)=C1CC(C)C. The molecule has 0 amide bonds. The minimum absolute atomic E-state index is 0.779. The molecule has 0 atom stereocenters. The Morgan fingerprint density at radius 1 is 0.824 bits per heavy atom. The van der Waals surface area contributed by atoms with Gasteiger partial charge in [-0.15, -0.1) is 0 Å². The van der Waals surface area contributed by atoms with Gasteiger partial charge in [0.15, 0.2) is 0 Å². The van der Waals surface area contributed by atoms with Gasteiger partial charge in [-0.05, 0) is 54.6 Å². The summed E-state index contributed by atoms with van der Waals surface area (Å²) in [5, 5.41) is 0. The Morgan fingerprint density at radius 2 is 1.35 bits per heavy atom. The van der Waals surface area contributed by atoms with Gasteiger partial charge in [0.1, 0.15) is 0 Å². The van der Waals surface area contributed by atoms with Crippen molar-refractivity contribution in [2.24, 2.45) is 17.8 Å². The van der Waals surface area contributed by atoms with Crippen molar-refractivity contribution in [2.75, 3.05) is 0 Å². The lowest BCUT2D eigenvalue weighted by atomic mass is 9.89. The molecule has 0 aromatic heterocycles. The normalized spacial score (nSPS) is 16.6. The Bertz CT molecular complexity index is 300. The fraction of sp³-hybridized carbons (Fsp3) is 0.765. The van der Waals surface area contributed by atoms with Crippen molar-refractivity contribution >= 4 is 0 Å². The van der Waals surface area contributed by atoms with Crippen LogP contribution in [0, 0.1) is 17.8 Å². The van der Waals surface area contributed by atoms with E-state index in [1.807, 2.05) is 0 Å². The summed E-state index contributed by atoms with van der Waals surface area (Å²) in [6.45, 7) is 14.0. The molecule has 1 rings (SSSR count). The van der Waals surface area contributed by atoms with E-state index in [4.69, 9.17) is 0 Å². The molecule has 0 aromatic rings. The van der Waals surface area contributed by atoms with Crippen LogP contribution < -0.4 is 0 Å². The summed E-state index contributed by atoms with van der Waals surface area (Å²) < 4.78 is 0. The predicted molar refractivity (Wildman–Crippen MR) is 78.1 cm³/mol. The van der Waals surface area contributed by atoms with Gasteiger partial charge in [0.05, 0.1) is 0 Å². The fourth-order valence-electron chi connectivity index (χ4n) is 2.75. The van der Waals surface area contributed by atoms with E-state index in [9.17, 15) is 0 Å². The molecule has 0 heteroatoms. The molecule has 0 saturated heterocycles. The van der Waals surface area contributed by atoms with Crippen LogP contribution in [0.1, 0.15) is 67.2 Å². The molecule has 0 unspecified atom stereocenters. The zero-order valence-corrected chi connectivity index (χ0v) is 12.6. The average Bonchev–Trinajstić information content (AvgIpc) is 2.47. The number of rotatable bonds is 6. The van der Waals surface area contributed by atoms with Crippen molar-refractivity contribution in [2.45, 2.75) is 67.2 Å². The molecule has 0 fully saturated rings. The van der Waals surface area contributed by atoms with E-state index >= 15 is 0 Å². The molecular formula is C17H30. The van der Waals surface area contributed by atoms with E-state index in [0.717, 1.165) is 17.8 Å². The molecule has 0 N–H and O–H groups in total. The van der Waals surface area contributed by atoms with Crippen LogP contribution in [0.4, 0.5) is 0 Å². The summed E-state index contributed by atoms with van der Waals surface area (Å²) in [7, 11) is 0. The highest BCUT2D eigenvalue weighted by atomic mass is 14.2. The largest absolute Gasteiger partial charge is 0.0769 e. The van der Waals surface area contributed by atoms with E-state index in [1.54, 1.807) is 16.7 Å². The molecule has 0 aromatic carbocycles. The topological polar surface area (TPSA) is 0 Å². The van der Waals surface area contributed by atoms with Crippen LogP contribution in [0.2, 0.25) is 0 Å². The molecule has 0 nitrogen and oxygen atoms in total. The number of hydrogen-bond acceptors (Lipinski definition) is 0. The van der Waals surface area contributed by atoms with E-state index in [-0.39, 0.29) is 0 Å². The Labute approximate surface area is 108 Å². The molecule has 0 aliphatic heterocycles. The smallest absolute Gasteiger partial charge is 0.0127 e. The Kier molecular flexibility index (Phi) is 5.49. The van der Waals surface area contributed by atoms with E-state index < -0.39 is 0 Å². The third kappa shape index (κ3) is 4.69. The lowest BCUT2D eigenvalue weighted by Crippen LogP contribution is -2.00. The van der Waals surface area contributed by atoms with Crippen molar-refractivity contribution in [3.63, 3.8) is 0 Å². The Balaban J connectivity index is 2.82. The summed E-state index contributed by atoms with van der Waals surface area (Å²) in [6.07, 6.45) is 7.56. The highest BCUT2D eigenvalue weighted by Crippen LogP contribution is 2.37. The van der Waals surface area contributed by atoms with Crippen LogP contribution in [0.25, 0.3) is 0 Å². The van der Waals surface area contributed by atoms with Crippen LogP contribution in [-0.2, 0) is 0 Å². The first-order chi connectivity index (χ1) is 7.90. The minimum atomic E-state index is 0.779. The second kappa shape index (κ2) is 6.42. The monoisotopic (exact) mass is 234 g/mol. The molecular weight excluding hydrogens is 204 g/mol. The second-order valence-electron chi connectivity index (χ2n) is 6.81. The summed E-state index contributed by atoms with van der Waals surface area (Å²) >= 11 is 0. The summed E-state index contributed by atoms with van der Waals surface area (Å²) in [4.78, 5) is 0. The number of hydrogen-bond donors (Lipinski definition) is 0. The van der Waals surface area contributed by atoms with Crippen LogP contribution in [0.15, 0.2) is 22.8 Å². The first kappa shape index (κ1) is 14.5.